The molecule has 0 bridgehead atoms. The monoisotopic (exact) mass is 379 g/mol. The van der Waals surface area contributed by atoms with Gasteiger partial charge in [0.05, 0.1) is 15.4 Å². The van der Waals surface area contributed by atoms with Crippen molar-refractivity contribution in [1.82, 2.24) is 4.98 Å². The van der Waals surface area contributed by atoms with Crippen molar-refractivity contribution in [3.05, 3.63) is 54.6 Å². The van der Waals surface area contributed by atoms with Crippen molar-refractivity contribution in [2.24, 2.45) is 0 Å². The van der Waals surface area contributed by atoms with Gasteiger partial charge in [-0.25, -0.2) is 9.59 Å². The minimum Gasteiger partial charge on any atom is -0.477 e. The zero-order valence-corrected chi connectivity index (χ0v) is 12.6. The molecule has 0 fully saturated rings. The maximum Gasteiger partial charge on any atom is 0.371 e. The van der Waals surface area contributed by atoms with E-state index < -0.39 is 28.6 Å². The highest BCUT2D eigenvalue weighted by atomic mass is 79.9. The highest BCUT2D eigenvalue weighted by molar-refractivity contribution is 9.10. The second kappa shape index (κ2) is 5.06. The average Bonchev–Trinajstić information content (AvgIpc) is 2.48. The lowest BCUT2D eigenvalue weighted by atomic mass is 10.1. The van der Waals surface area contributed by atoms with Gasteiger partial charge in [-0.3, -0.25) is 9.59 Å². The number of carboxylic acid groups (broad SMARTS) is 2. The van der Waals surface area contributed by atoms with E-state index in [9.17, 15) is 19.2 Å². The number of halogens is 1. The molecule has 0 saturated heterocycles. The number of H-pyrrole nitrogens is 1. The Hall–Kier alpha value is -2.94. The summed E-state index contributed by atoms with van der Waals surface area (Å²) in [6.07, 6.45) is 0. The molecule has 1 aromatic carbocycles. The van der Waals surface area contributed by atoms with Crippen molar-refractivity contribution < 1.29 is 24.2 Å². The molecule has 3 rings (SSSR count). The summed E-state index contributed by atoms with van der Waals surface area (Å²) in [5.74, 6) is -3.33. The Kier molecular flexibility index (Phi) is 3.29. The highest BCUT2D eigenvalue weighted by Gasteiger charge is 2.18. The van der Waals surface area contributed by atoms with Crippen LogP contribution in [0, 0.1) is 0 Å². The van der Waals surface area contributed by atoms with Crippen molar-refractivity contribution in [1.29, 1.82) is 0 Å². The molecule has 0 aliphatic carbocycles. The molecule has 9 heteroatoms. The zero-order chi connectivity index (χ0) is 16.9. The lowest BCUT2D eigenvalue weighted by Gasteiger charge is -2.07. The van der Waals surface area contributed by atoms with Crippen LogP contribution in [0.1, 0.15) is 21.0 Å². The van der Waals surface area contributed by atoms with Gasteiger partial charge in [0.15, 0.2) is 16.4 Å². The molecule has 0 spiro atoms. The highest BCUT2D eigenvalue weighted by Crippen LogP contribution is 2.29. The van der Waals surface area contributed by atoms with E-state index in [0.29, 0.717) is 0 Å². The molecule has 116 valence electrons. The van der Waals surface area contributed by atoms with E-state index in [1.807, 2.05) is 0 Å². The smallest absolute Gasteiger partial charge is 0.371 e. The van der Waals surface area contributed by atoms with Crippen LogP contribution in [0.3, 0.4) is 0 Å². The van der Waals surface area contributed by atoms with Gasteiger partial charge in [-0.15, -0.1) is 0 Å². The fraction of sp³-hybridized carbons (Fsp3) is 0. The minimum absolute atomic E-state index is 0.00273. The summed E-state index contributed by atoms with van der Waals surface area (Å²) in [6, 6.07) is 2.94. The molecule has 0 aliphatic heterocycles. The normalized spacial score (nSPS) is 11.0. The Morgan fingerprint density at radius 2 is 1.65 bits per heavy atom. The van der Waals surface area contributed by atoms with E-state index in [1.165, 1.54) is 6.07 Å². The van der Waals surface area contributed by atoms with E-state index in [0.717, 1.165) is 12.1 Å². The van der Waals surface area contributed by atoms with Gasteiger partial charge < -0.3 is 19.6 Å². The number of pyridine rings is 1. The summed E-state index contributed by atoms with van der Waals surface area (Å²) in [6.45, 7) is 0. The Bertz CT molecular complexity index is 1040. The second-order valence-electron chi connectivity index (χ2n) is 4.62. The number of benzene rings is 1. The third-order valence-electron chi connectivity index (χ3n) is 3.20. The largest absolute Gasteiger partial charge is 0.477 e. The molecule has 0 atom stereocenters. The molecule has 0 aliphatic rings. The van der Waals surface area contributed by atoms with Gasteiger partial charge in [-0.2, -0.15) is 0 Å². The Morgan fingerprint density at radius 3 is 2.26 bits per heavy atom. The average molecular weight is 380 g/mol. The van der Waals surface area contributed by atoms with Gasteiger partial charge in [-0.05, 0) is 22.0 Å². The number of fused-ring (bicyclic) bond motifs is 2. The summed E-state index contributed by atoms with van der Waals surface area (Å²) in [5, 5.41) is 18.0. The third kappa shape index (κ3) is 2.30. The Labute approximate surface area is 134 Å². The number of hydrogen-bond acceptors (Lipinski definition) is 5. The predicted molar refractivity (Wildman–Crippen MR) is 82.2 cm³/mol. The Morgan fingerprint density at radius 1 is 1.00 bits per heavy atom. The van der Waals surface area contributed by atoms with Crippen molar-refractivity contribution in [2.45, 2.75) is 0 Å². The van der Waals surface area contributed by atoms with Gasteiger partial charge in [0, 0.05) is 17.5 Å². The fourth-order valence-corrected chi connectivity index (χ4v) is 2.78. The summed E-state index contributed by atoms with van der Waals surface area (Å²) < 4.78 is 5.26. The van der Waals surface area contributed by atoms with Crippen LogP contribution in [0.15, 0.2) is 36.7 Å². The maximum absolute atomic E-state index is 12.1. The molecule has 23 heavy (non-hydrogen) atoms. The van der Waals surface area contributed by atoms with Crippen LogP contribution < -0.4 is 10.9 Å². The van der Waals surface area contributed by atoms with Gasteiger partial charge in [-0.1, -0.05) is 0 Å². The van der Waals surface area contributed by atoms with Crippen molar-refractivity contribution >= 4 is 49.7 Å². The number of aromatic amines is 1. The first-order valence-corrected chi connectivity index (χ1v) is 6.89. The molecule has 0 radical (unpaired) electrons. The lowest BCUT2D eigenvalue weighted by molar-refractivity contribution is 0.0660. The number of carbonyl (C=O) groups is 2. The number of hydrogen-bond donors (Lipinski definition) is 3. The quantitative estimate of drug-likeness (QED) is 0.577. The molecule has 3 N–H and O–H groups in total. The number of carboxylic acids is 2. The van der Waals surface area contributed by atoms with E-state index >= 15 is 0 Å². The summed E-state index contributed by atoms with van der Waals surface area (Å²) in [7, 11) is 0. The number of rotatable bonds is 2. The predicted octanol–water partition coefficient (Wildman–Crippen LogP) is 1.79. The molecule has 3 aromatic rings. The van der Waals surface area contributed by atoms with Crippen molar-refractivity contribution in [2.75, 3.05) is 0 Å². The standard InChI is InChI=1S/C14H6BrNO7/c15-10-11-4(7(17)2-6(16-11)13(19)20)1-5-8(18)3-9(14(21)22)23-12(5)10/h1-3H,(H,16,17)(H,19,20)(H,21,22). The van der Waals surface area contributed by atoms with E-state index in [-0.39, 0.29) is 32.0 Å². The van der Waals surface area contributed by atoms with Crippen LogP contribution in [0.2, 0.25) is 0 Å². The molecule has 8 nitrogen and oxygen atoms in total. The van der Waals surface area contributed by atoms with Gasteiger partial charge in [0.1, 0.15) is 5.69 Å². The van der Waals surface area contributed by atoms with E-state index in [1.54, 1.807) is 0 Å². The molecule has 2 heterocycles. The molecular weight excluding hydrogens is 374 g/mol. The van der Waals surface area contributed by atoms with Crippen LogP contribution in [0.4, 0.5) is 0 Å². The lowest BCUT2D eigenvalue weighted by Crippen LogP contribution is -2.12. The van der Waals surface area contributed by atoms with Gasteiger partial charge >= 0.3 is 11.9 Å². The zero-order valence-electron chi connectivity index (χ0n) is 11.0. The molecule has 0 unspecified atom stereocenters. The number of nitrogens with one attached hydrogen (secondary N) is 1. The molecule has 2 aromatic heterocycles. The first-order valence-electron chi connectivity index (χ1n) is 6.09. The topological polar surface area (TPSA) is 138 Å². The Balaban J connectivity index is 2.56. The maximum atomic E-state index is 12.1. The van der Waals surface area contributed by atoms with Crippen LogP contribution in [0.25, 0.3) is 21.9 Å². The van der Waals surface area contributed by atoms with Gasteiger partial charge in [0.25, 0.3) is 0 Å². The van der Waals surface area contributed by atoms with Crippen molar-refractivity contribution in [3.63, 3.8) is 0 Å². The first kappa shape index (κ1) is 15.0. The SMILES string of the molecule is O=C(O)c1cc(=O)c2cc3c(=O)cc(C(=O)O)oc3c(Br)c2[nH]1. The van der Waals surface area contributed by atoms with Crippen molar-refractivity contribution in [3.8, 4) is 0 Å². The number of aromatic nitrogens is 1. The second-order valence-corrected chi connectivity index (χ2v) is 5.42. The van der Waals surface area contributed by atoms with Gasteiger partial charge in [0.2, 0.25) is 5.76 Å². The van der Waals surface area contributed by atoms with E-state index in [4.69, 9.17) is 14.6 Å². The van der Waals surface area contributed by atoms with Crippen LogP contribution in [0.5, 0.6) is 0 Å². The minimum atomic E-state index is -1.43. The molecule has 0 saturated carbocycles. The summed E-state index contributed by atoms with van der Waals surface area (Å²) in [5.41, 5.74) is -1.58. The summed E-state index contributed by atoms with van der Waals surface area (Å²) in [4.78, 5) is 48.6. The molecule has 0 amide bonds. The van der Waals surface area contributed by atoms with Crippen LogP contribution >= 0.6 is 15.9 Å². The number of aromatic carboxylic acids is 2. The van der Waals surface area contributed by atoms with Crippen LogP contribution in [-0.2, 0) is 0 Å². The van der Waals surface area contributed by atoms with Crippen LogP contribution in [-0.4, -0.2) is 27.1 Å². The molecular formula is C14H6BrNO7. The summed E-state index contributed by atoms with van der Waals surface area (Å²) >= 11 is 3.13. The third-order valence-corrected chi connectivity index (χ3v) is 3.96. The fourth-order valence-electron chi connectivity index (χ4n) is 2.17. The first-order chi connectivity index (χ1) is 10.8. The van der Waals surface area contributed by atoms with E-state index in [2.05, 4.69) is 20.9 Å².